The minimum absolute atomic E-state index is 1.07. The molecule has 0 radical (unpaired) electrons. The fourth-order valence-electron chi connectivity index (χ4n) is 4.38. The summed E-state index contributed by atoms with van der Waals surface area (Å²) in [5.74, 6) is 10.0. The smallest absolute Gasteiger partial charge is 0.127 e. The summed E-state index contributed by atoms with van der Waals surface area (Å²) in [6, 6.07) is 32.3. The average molecular weight is 673 g/mol. The SMILES string of the molecule is C[Si](C)(C)C#Cc1ccc(/C=C/c2cc(/C=C/c3ccc(C#C[Si](C)(C)C)cc3)cc(/C=C/c3ccc(C#C[Si](C)(C)C)cc3)c2)cc1. The van der Waals surface area contributed by atoms with Crippen LogP contribution in [0.1, 0.15) is 50.1 Å². The van der Waals surface area contributed by atoms with Gasteiger partial charge in [-0.1, -0.05) is 150 Å². The van der Waals surface area contributed by atoms with Crippen LogP contribution < -0.4 is 0 Å². The molecule has 0 bridgehead atoms. The molecule has 0 spiro atoms. The van der Waals surface area contributed by atoms with Crippen LogP contribution in [0.5, 0.6) is 0 Å². The maximum absolute atomic E-state index is 3.45. The van der Waals surface area contributed by atoms with Crippen molar-refractivity contribution in [2.24, 2.45) is 0 Å². The Balaban J connectivity index is 1.60. The van der Waals surface area contributed by atoms with E-state index in [1.165, 1.54) is 0 Å². The van der Waals surface area contributed by atoms with Crippen LogP contribution in [0.3, 0.4) is 0 Å². The van der Waals surface area contributed by atoms with Crippen molar-refractivity contribution in [3.63, 3.8) is 0 Å². The van der Waals surface area contributed by atoms with Gasteiger partial charge in [-0.2, -0.15) is 0 Å². The zero-order chi connectivity index (χ0) is 34.8. The highest BCUT2D eigenvalue weighted by Crippen LogP contribution is 2.20. The van der Waals surface area contributed by atoms with E-state index in [1.54, 1.807) is 0 Å². The van der Waals surface area contributed by atoms with Crippen molar-refractivity contribution in [1.82, 2.24) is 0 Å². The number of benzene rings is 4. The lowest BCUT2D eigenvalue weighted by molar-refractivity contribution is 1.57. The topological polar surface area (TPSA) is 0 Å². The summed E-state index contributed by atoms with van der Waals surface area (Å²) in [7, 11) is -4.20. The summed E-state index contributed by atoms with van der Waals surface area (Å²) in [4.78, 5) is 0. The Hall–Kier alpha value is -4.57. The maximum Gasteiger partial charge on any atom is 0.129 e. The summed E-state index contributed by atoms with van der Waals surface area (Å²) in [6.07, 6.45) is 13.1. The van der Waals surface area contributed by atoms with E-state index in [-0.39, 0.29) is 0 Å². The zero-order valence-electron chi connectivity index (χ0n) is 30.1. The molecule has 48 heavy (non-hydrogen) atoms. The molecule has 0 aliphatic rings. The van der Waals surface area contributed by atoms with Gasteiger partial charge < -0.3 is 0 Å². The highest BCUT2D eigenvalue weighted by molar-refractivity contribution is 6.84. The van der Waals surface area contributed by atoms with E-state index < -0.39 is 24.2 Å². The largest absolute Gasteiger partial charge is 0.129 e. The molecule has 0 amide bonds. The van der Waals surface area contributed by atoms with Gasteiger partial charge in [0.05, 0.1) is 0 Å². The van der Waals surface area contributed by atoms with E-state index in [0.29, 0.717) is 0 Å². The second-order valence-corrected chi connectivity index (χ2v) is 29.5. The summed E-state index contributed by atoms with van der Waals surface area (Å²) >= 11 is 0. The minimum atomic E-state index is -1.40. The molecule has 0 fully saturated rings. The Morgan fingerprint density at radius 3 is 0.729 bits per heavy atom. The summed E-state index contributed by atoms with van der Waals surface area (Å²) in [6.45, 7) is 20.4. The normalized spacial score (nSPS) is 11.9. The third-order valence-corrected chi connectivity index (χ3v) is 9.51. The van der Waals surface area contributed by atoms with Crippen LogP contribution in [-0.2, 0) is 0 Å². The molecule has 0 saturated heterocycles. The van der Waals surface area contributed by atoms with Gasteiger partial charge in [0.2, 0.25) is 0 Å². The molecule has 4 aromatic rings. The monoisotopic (exact) mass is 672 g/mol. The third kappa shape index (κ3) is 13.7. The van der Waals surface area contributed by atoms with Gasteiger partial charge in [0.25, 0.3) is 0 Å². The van der Waals surface area contributed by atoms with Gasteiger partial charge in [-0.25, -0.2) is 0 Å². The predicted molar refractivity (Wildman–Crippen MR) is 223 cm³/mol. The van der Waals surface area contributed by atoms with Crippen molar-refractivity contribution < 1.29 is 0 Å². The highest BCUT2D eigenvalue weighted by Gasteiger charge is 2.09. The van der Waals surface area contributed by atoms with Crippen LogP contribution in [0.2, 0.25) is 58.9 Å². The number of hydrogen-bond donors (Lipinski definition) is 0. The van der Waals surface area contributed by atoms with Gasteiger partial charge >= 0.3 is 0 Å². The van der Waals surface area contributed by atoms with E-state index in [2.05, 4.69) is 221 Å². The average Bonchev–Trinajstić information content (AvgIpc) is 3.03. The molecule has 4 rings (SSSR count). The third-order valence-electron chi connectivity index (χ3n) is 6.88. The molecule has 0 nitrogen and oxygen atoms in total. The Morgan fingerprint density at radius 2 is 0.521 bits per heavy atom. The van der Waals surface area contributed by atoms with Gasteiger partial charge in [0, 0.05) is 16.7 Å². The predicted octanol–water partition coefficient (Wildman–Crippen LogP) is 11.9. The fourth-order valence-corrected chi connectivity index (χ4v) is 5.94. The molecule has 0 aromatic heterocycles. The van der Waals surface area contributed by atoms with E-state index >= 15 is 0 Å². The molecule has 0 saturated carbocycles. The van der Waals surface area contributed by atoms with Crippen LogP contribution in [-0.4, -0.2) is 24.2 Å². The second kappa shape index (κ2) is 16.0. The van der Waals surface area contributed by atoms with Crippen molar-refractivity contribution in [3.8, 4) is 34.4 Å². The minimum Gasteiger partial charge on any atom is -0.127 e. The standard InChI is InChI=1S/C45H48Si3/c1-46(2,3)31-28-40-16-10-37(11-17-40)22-25-43-34-44(26-23-38-12-18-41(19-13-38)29-32-47(4,5)6)36-45(35-43)27-24-39-14-20-42(21-15-39)30-33-48(7,8)9/h10-27,34-36H,1-9H3/b25-22+,26-23+,27-24+. The molecule has 3 heteroatoms. The van der Waals surface area contributed by atoms with E-state index in [0.717, 1.165) is 50.1 Å². The van der Waals surface area contributed by atoms with Crippen molar-refractivity contribution in [1.29, 1.82) is 0 Å². The molecule has 4 aromatic carbocycles. The quantitative estimate of drug-likeness (QED) is 0.109. The Bertz CT molecular complexity index is 1730. The summed E-state index contributed by atoms with van der Waals surface area (Å²) in [5.41, 5.74) is 20.5. The van der Waals surface area contributed by atoms with E-state index in [9.17, 15) is 0 Å². The first-order valence-corrected chi connectivity index (χ1v) is 27.2. The molecule has 0 aliphatic heterocycles. The van der Waals surface area contributed by atoms with Gasteiger partial charge in [0.1, 0.15) is 24.2 Å². The van der Waals surface area contributed by atoms with Crippen LogP contribution in [0.25, 0.3) is 36.5 Å². The molecule has 0 heterocycles. The second-order valence-electron chi connectivity index (χ2n) is 15.3. The van der Waals surface area contributed by atoms with Gasteiger partial charge in [-0.3, -0.25) is 0 Å². The Kier molecular flexibility index (Phi) is 12.1. The van der Waals surface area contributed by atoms with Crippen LogP contribution >= 0.6 is 0 Å². The highest BCUT2D eigenvalue weighted by atomic mass is 28.3. The molecule has 0 aliphatic carbocycles. The van der Waals surface area contributed by atoms with Crippen molar-refractivity contribution in [2.75, 3.05) is 0 Å². The first kappa shape index (κ1) is 36.3. The Labute approximate surface area is 293 Å². The lowest BCUT2D eigenvalue weighted by atomic mass is 10.0. The first-order valence-electron chi connectivity index (χ1n) is 16.7. The van der Waals surface area contributed by atoms with Crippen LogP contribution in [0.4, 0.5) is 0 Å². The van der Waals surface area contributed by atoms with Gasteiger partial charge in [-0.05, 0) is 88.0 Å². The summed E-state index contributed by atoms with van der Waals surface area (Å²) in [5, 5.41) is 0. The van der Waals surface area contributed by atoms with E-state index in [1.807, 2.05) is 0 Å². The fraction of sp³-hybridized carbons (Fsp3) is 0.200. The Morgan fingerprint density at radius 1 is 0.312 bits per heavy atom. The lowest BCUT2D eigenvalue weighted by Gasteiger charge is -2.04. The molecular formula is C45H48Si3. The zero-order valence-corrected chi connectivity index (χ0v) is 33.1. The number of hydrogen-bond acceptors (Lipinski definition) is 0. The van der Waals surface area contributed by atoms with Gasteiger partial charge in [-0.15, -0.1) is 16.6 Å². The molecular weight excluding hydrogens is 625 g/mol. The molecule has 0 N–H and O–H groups in total. The molecule has 0 atom stereocenters. The van der Waals surface area contributed by atoms with Crippen molar-refractivity contribution >= 4 is 60.7 Å². The van der Waals surface area contributed by atoms with Crippen LogP contribution in [0, 0.1) is 34.4 Å². The number of rotatable bonds is 6. The van der Waals surface area contributed by atoms with Crippen molar-refractivity contribution in [3.05, 3.63) is 141 Å². The first-order chi connectivity index (χ1) is 22.6. The van der Waals surface area contributed by atoms with Crippen LogP contribution in [0.15, 0.2) is 91.0 Å². The maximum atomic E-state index is 3.45. The molecule has 0 unspecified atom stereocenters. The van der Waals surface area contributed by atoms with Crippen molar-refractivity contribution in [2.45, 2.75) is 58.9 Å². The van der Waals surface area contributed by atoms with Gasteiger partial charge in [0.15, 0.2) is 0 Å². The summed E-state index contributed by atoms with van der Waals surface area (Å²) < 4.78 is 0. The lowest BCUT2D eigenvalue weighted by Crippen LogP contribution is -2.16. The molecule has 240 valence electrons. The van der Waals surface area contributed by atoms with E-state index in [4.69, 9.17) is 0 Å².